The summed E-state index contributed by atoms with van der Waals surface area (Å²) in [6.45, 7) is 1.59. The minimum absolute atomic E-state index is 0.0820. The Labute approximate surface area is 224 Å². The van der Waals surface area contributed by atoms with Crippen molar-refractivity contribution in [2.45, 2.75) is 23.6 Å². The summed E-state index contributed by atoms with van der Waals surface area (Å²) in [5.41, 5.74) is -0.288. The van der Waals surface area contributed by atoms with Gasteiger partial charge in [-0.3, -0.25) is 4.72 Å². The third kappa shape index (κ3) is 6.11. The monoisotopic (exact) mass is 570 g/mol. The van der Waals surface area contributed by atoms with Crippen molar-refractivity contribution in [3.05, 3.63) is 65.2 Å². The molecule has 1 aliphatic heterocycles. The number of alkyl halides is 3. The molecule has 1 fully saturated rings. The second-order valence-corrected chi connectivity index (χ2v) is 10.9. The van der Waals surface area contributed by atoms with Crippen LogP contribution in [0.4, 0.5) is 18.9 Å². The van der Waals surface area contributed by atoms with Crippen LogP contribution in [0.15, 0.2) is 59.5 Å². The molecule has 1 heterocycles. The molecule has 7 nitrogen and oxygen atoms in total. The van der Waals surface area contributed by atoms with Crippen LogP contribution in [0.3, 0.4) is 0 Å². The van der Waals surface area contributed by atoms with E-state index < -0.39 is 21.8 Å². The summed E-state index contributed by atoms with van der Waals surface area (Å²) in [7, 11) is 0.434. The van der Waals surface area contributed by atoms with Crippen LogP contribution < -0.4 is 18.9 Å². The lowest BCUT2D eigenvalue weighted by Crippen LogP contribution is -2.21. The van der Waals surface area contributed by atoms with Crippen molar-refractivity contribution in [3.63, 3.8) is 0 Å². The molecule has 0 saturated carbocycles. The Hall–Kier alpha value is -3.15. The summed E-state index contributed by atoms with van der Waals surface area (Å²) in [5.74, 6) is 0.682. The van der Waals surface area contributed by atoms with Crippen LogP contribution in [-0.2, 0) is 16.2 Å². The number of nitrogens with zero attached hydrogens (tertiary/aromatic N) is 1. The maximum atomic E-state index is 13.6. The van der Waals surface area contributed by atoms with E-state index >= 15 is 0 Å². The summed E-state index contributed by atoms with van der Waals surface area (Å²) in [6, 6.07) is 11.4. The summed E-state index contributed by atoms with van der Waals surface area (Å²) >= 11 is 6.30. The average molecular weight is 571 g/mol. The third-order valence-corrected chi connectivity index (χ3v) is 7.86. The van der Waals surface area contributed by atoms with Gasteiger partial charge in [-0.05, 0) is 49.4 Å². The van der Waals surface area contributed by atoms with Crippen molar-refractivity contribution in [2.75, 3.05) is 39.1 Å². The molecule has 1 saturated heterocycles. The number of likely N-dealkylation sites (N-methyl/N-ethyl adjacent to an activating group) is 1. The Morgan fingerprint density at radius 3 is 2.21 bits per heavy atom. The fourth-order valence-electron chi connectivity index (χ4n) is 4.18. The van der Waals surface area contributed by atoms with Crippen LogP contribution in [0.5, 0.6) is 17.2 Å². The van der Waals surface area contributed by atoms with Crippen molar-refractivity contribution in [3.8, 4) is 28.4 Å². The van der Waals surface area contributed by atoms with Gasteiger partial charge in [0.15, 0.2) is 11.5 Å². The molecule has 0 aliphatic carbocycles. The maximum Gasteiger partial charge on any atom is 0.416 e. The van der Waals surface area contributed by atoms with E-state index in [0.717, 1.165) is 25.1 Å². The fraction of sp³-hybridized carbons (Fsp3) is 0.308. The zero-order valence-electron chi connectivity index (χ0n) is 20.8. The standard InChI is InChI=1S/C26H26ClF3N2O5S/c1-32-11-10-19(15-32)37-22-12-18(8-9-21(22)27)31-38(33,34)25-14-24(36-3)23(35-2)13-20(25)16-4-6-17(7-5-16)26(28,29)30/h4-9,12-14,19,31H,10-11,15H2,1-3H3/t19-/m1/s1. The lowest BCUT2D eigenvalue weighted by atomic mass is 10.0. The van der Waals surface area contributed by atoms with Gasteiger partial charge in [0.05, 0.1) is 35.4 Å². The predicted octanol–water partition coefficient (Wildman–Crippen LogP) is 5.93. The van der Waals surface area contributed by atoms with E-state index in [0.29, 0.717) is 17.3 Å². The van der Waals surface area contributed by atoms with Crippen LogP contribution in [0.25, 0.3) is 11.1 Å². The van der Waals surface area contributed by atoms with Crippen molar-refractivity contribution in [2.24, 2.45) is 0 Å². The zero-order chi connectivity index (χ0) is 27.7. The number of methoxy groups -OCH3 is 2. The van der Waals surface area contributed by atoms with Crippen LogP contribution >= 0.6 is 11.6 Å². The average Bonchev–Trinajstić information content (AvgIpc) is 3.29. The van der Waals surface area contributed by atoms with Crippen molar-refractivity contribution < 1.29 is 35.8 Å². The third-order valence-electron chi connectivity index (χ3n) is 6.12. The number of anilines is 1. The first-order chi connectivity index (χ1) is 17.9. The Balaban J connectivity index is 1.72. The van der Waals surface area contributed by atoms with Gasteiger partial charge in [0.25, 0.3) is 10.0 Å². The molecular formula is C26H26ClF3N2O5S. The molecule has 1 N–H and O–H groups in total. The summed E-state index contributed by atoms with van der Waals surface area (Å²) < 4.78 is 85.6. The van der Waals surface area contributed by atoms with E-state index in [9.17, 15) is 21.6 Å². The molecule has 3 aromatic carbocycles. The molecule has 0 radical (unpaired) electrons. The number of hydrogen-bond donors (Lipinski definition) is 1. The molecule has 0 spiro atoms. The number of nitrogens with one attached hydrogen (secondary N) is 1. The van der Waals surface area contributed by atoms with E-state index in [-0.39, 0.29) is 39.3 Å². The Kier molecular flexibility index (Phi) is 8.01. The van der Waals surface area contributed by atoms with Crippen LogP contribution in [-0.4, -0.2) is 53.8 Å². The van der Waals surface area contributed by atoms with Gasteiger partial charge in [0.2, 0.25) is 0 Å². The molecular weight excluding hydrogens is 545 g/mol. The molecule has 1 atom stereocenters. The largest absolute Gasteiger partial charge is 0.493 e. The normalized spacial score (nSPS) is 16.3. The highest BCUT2D eigenvalue weighted by Gasteiger charge is 2.31. The Bertz CT molecular complexity index is 1420. The van der Waals surface area contributed by atoms with E-state index in [4.69, 9.17) is 25.8 Å². The number of rotatable bonds is 8. The molecule has 0 aromatic heterocycles. The second-order valence-electron chi connectivity index (χ2n) is 8.82. The molecule has 1 aliphatic rings. The first-order valence-corrected chi connectivity index (χ1v) is 13.4. The van der Waals surface area contributed by atoms with Gasteiger partial charge in [0.1, 0.15) is 11.9 Å². The molecule has 4 rings (SSSR count). The van der Waals surface area contributed by atoms with Gasteiger partial charge < -0.3 is 19.1 Å². The van der Waals surface area contributed by atoms with E-state index in [1.165, 1.54) is 56.7 Å². The van der Waals surface area contributed by atoms with Gasteiger partial charge in [0, 0.05) is 30.8 Å². The molecule has 12 heteroatoms. The zero-order valence-corrected chi connectivity index (χ0v) is 22.4. The van der Waals surface area contributed by atoms with E-state index in [1.807, 2.05) is 7.05 Å². The number of hydrogen-bond acceptors (Lipinski definition) is 6. The number of halogens is 4. The molecule has 0 amide bonds. The highest BCUT2D eigenvalue weighted by molar-refractivity contribution is 7.92. The van der Waals surface area contributed by atoms with Crippen molar-refractivity contribution >= 4 is 27.3 Å². The number of ether oxygens (including phenoxy) is 3. The lowest BCUT2D eigenvalue weighted by Gasteiger charge is -2.18. The Morgan fingerprint density at radius 1 is 0.974 bits per heavy atom. The van der Waals surface area contributed by atoms with E-state index in [1.54, 1.807) is 0 Å². The molecule has 204 valence electrons. The number of benzene rings is 3. The topological polar surface area (TPSA) is 77.1 Å². The molecule has 0 unspecified atom stereocenters. The summed E-state index contributed by atoms with van der Waals surface area (Å²) in [5, 5.41) is 0.332. The van der Waals surface area contributed by atoms with Gasteiger partial charge in [-0.15, -0.1) is 0 Å². The maximum absolute atomic E-state index is 13.6. The summed E-state index contributed by atoms with van der Waals surface area (Å²) in [6.07, 6.45) is -3.80. The second kappa shape index (κ2) is 10.9. The summed E-state index contributed by atoms with van der Waals surface area (Å²) in [4.78, 5) is 1.90. The lowest BCUT2D eigenvalue weighted by molar-refractivity contribution is -0.137. The fourth-order valence-corrected chi connectivity index (χ4v) is 5.62. The first-order valence-electron chi connectivity index (χ1n) is 11.5. The van der Waals surface area contributed by atoms with Crippen LogP contribution in [0.1, 0.15) is 12.0 Å². The van der Waals surface area contributed by atoms with Gasteiger partial charge in [-0.2, -0.15) is 13.2 Å². The van der Waals surface area contributed by atoms with Gasteiger partial charge in [-0.1, -0.05) is 23.7 Å². The minimum Gasteiger partial charge on any atom is -0.493 e. The molecule has 38 heavy (non-hydrogen) atoms. The van der Waals surface area contributed by atoms with Gasteiger partial charge >= 0.3 is 6.18 Å². The Morgan fingerprint density at radius 2 is 1.63 bits per heavy atom. The smallest absolute Gasteiger partial charge is 0.416 e. The first kappa shape index (κ1) is 27.9. The minimum atomic E-state index is -4.53. The number of sulfonamides is 1. The highest BCUT2D eigenvalue weighted by Crippen LogP contribution is 2.40. The predicted molar refractivity (Wildman–Crippen MR) is 139 cm³/mol. The van der Waals surface area contributed by atoms with E-state index in [2.05, 4.69) is 9.62 Å². The van der Waals surface area contributed by atoms with Crippen LogP contribution in [0.2, 0.25) is 5.02 Å². The molecule has 0 bridgehead atoms. The van der Waals surface area contributed by atoms with Crippen molar-refractivity contribution in [1.29, 1.82) is 0 Å². The van der Waals surface area contributed by atoms with Crippen LogP contribution in [0, 0.1) is 0 Å². The van der Waals surface area contributed by atoms with Gasteiger partial charge in [-0.25, -0.2) is 8.42 Å². The highest BCUT2D eigenvalue weighted by atomic mass is 35.5. The quantitative estimate of drug-likeness (QED) is 0.362. The number of likely N-dealkylation sites (tertiary alicyclic amines) is 1. The molecule has 3 aromatic rings. The SMILES string of the molecule is COc1cc(-c2ccc(C(F)(F)F)cc2)c(S(=O)(=O)Nc2ccc(Cl)c(O[C@@H]3CCN(C)C3)c2)cc1OC. The van der Waals surface area contributed by atoms with Crippen molar-refractivity contribution in [1.82, 2.24) is 4.90 Å².